The molecular weight excluding hydrogens is 294 g/mol. The molecule has 21 heavy (non-hydrogen) atoms. The number of anilines is 2. The Bertz CT molecular complexity index is 587. The third kappa shape index (κ3) is 6.01. The van der Waals surface area contributed by atoms with E-state index in [0.29, 0.717) is 36.4 Å². The van der Waals surface area contributed by atoms with Gasteiger partial charge in [0, 0.05) is 13.1 Å². The Morgan fingerprint density at radius 2 is 2.05 bits per heavy atom. The molecule has 0 aliphatic carbocycles. The number of esters is 1. The quantitative estimate of drug-likeness (QED) is 0.372. The van der Waals surface area contributed by atoms with Gasteiger partial charge in [0.05, 0.1) is 29.8 Å². The lowest BCUT2D eigenvalue weighted by Gasteiger charge is -2.13. The van der Waals surface area contributed by atoms with E-state index in [9.17, 15) is 13.2 Å². The Labute approximate surface area is 124 Å². The van der Waals surface area contributed by atoms with Gasteiger partial charge in [0.25, 0.3) is 0 Å². The van der Waals surface area contributed by atoms with Gasteiger partial charge in [-0.15, -0.1) is 0 Å². The smallest absolute Gasteiger partial charge is 0.340 e. The molecule has 0 spiro atoms. The molecule has 0 unspecified atom stereocenters. The number of nitrogen functional groups attached to an aromatic ring is 1. The SMILES string of the molecule is CCOC(=O)c1cccc(N)c1NCCCNS(C)(=O)=O. The van der Waals surface area contributed by atoms with Crippen LogP contribution in [0.25, 0.3) is 0 Å². The second-order valence-electron chi connectivity index (χ2n) is 4.44. The molecule has 0 saturated carbocycles. The number of ether oxygens (including phenoxy) is 1. The first kappa shape index (κ1) is 17.3. The number of carbonyl (C=O) groups excluding carboxylic acids is 1. The van der Waals surface area contributed by atoms with E-state index in [4.69, 9.17) is 10.5 Å². The molecule has 0 fully saturated rings. The van der Waals surface area contributed by atoms with Crippen LogP contribution < -0.4 is 15.8 Å². The van der Waals surface area contributed by atoms with E-state index in [0.717, 1.165) is 6.26 Å². The normalized spacial score (nSPS) is 11.1. The number of nitrogens with two attached hydrogens (primary N) is 1. The van der Waals surface area contributed by atoms with Gasteiger partial charge in [0.1, 0.15) is 0 Å². The molecule has 0 aliphatic heterocycles. The maximum absolute atomic E-state index is 11.8. The minimum Gasteiger partial charge on any atom is -0.462 e. The van der Waals surface area contributed by atoms with Crippen LogP contribution in [0.5, 0.6) is 0 Å². The van der Waals surface area contributed by atoms with E-state index in [1.807, 2.05) is 0 Å². The Morgan fingerprint density at radius 3 is 2.67 bits per heavy atom. The van der Waals surface area contributed by atoms with Gasteiger partial charge in [0.2, 0.25) is 10.0 Å². The van der Waals surface area contributed by atoms with Crippen molar-refractivity contribution in [3.63, 3.8) is 0 Å². The number of benzene rings is 1. The highest BCUT2D eigenvalue weighted by molar-refractivity contribution is 7.88. The van der Waals surface area contributed by atoms with Crippen molar-refractivity contribution in [2.75, 3.05) is 37.0 Å². The summed E-state index contributed by atoms with van der Waals surface area (Å²) in [6.07, 6.45) is 1.66. The molecule has 1 aromatic carbocycles. The Hall–Kier alpha value is -1.80. The summed E-state index contributed by atoms with van der Waals surface area (Å²) in [5.74, 6) is -0.443. The minimum atomic E-state index is -3.18. The Kier molecular flexibility index (Phi) is 6.44. The van der Waals surface area contributed by atoms with Gasteiger partial charge in [-0.3, -0.25) is 0 Å². The summed E-state index contributed by atoms with van der Waals surface area (Å²) < 4.78 is 29.2. The molecule has 7 nitrogen and oxygen atoms in total. The number of para-hydroxylation sites is 1. The van der Waals surface area contributed by atoms with Crippen LogP contribution in [0, 0.1) is 0 Å². The lowest BCUT2D eigenvalue weighted by atomic mass is 10.1. The fraction of sp³-hybridized carbons (Fsp3) is 0.462. The van der Waals surface area contributed by atoms with Crippen LogP contribution in [-0.2, 0) is 14.8 Å². The van der Waals surface area contributed by atoms with Crippen LogP contribution in [-0.4, -0.2) is 40.3 Å². The third-order valence-corrected chi connectivity index (χ3v) is 3.34. The van der Waals surface area contributed by atoms with E-state index in [-0.39, 0.29) is 6.61 Å². The summed E-state index contributed by atoms with van der Waals surface area (Å²) in [4.78, 5) is 11.8. The molecule has 0 amide bonds. The van der Waals surface area contributed by atoms with Crippen LogP contribution in [0.1, 0.15) is 23.7 Å². The highest BCUT2D eigenvalue weighted by atomic mass is 32.2. The van der Waals surface area contributed by atoms with Crippen molar-refractivity contribution in [2.24, 2.45) is 0 Å². The molecule has 8 heteroatoms. The number of sulfonamides is 1. The average molecular weight is 315 g/mol. The number of carbonyl (C=O) groups is 1. The molecule has 0 atom stereocenters. The van der Waals surface area contributed by atoms with E-state index >= 15 is 0 Å². The zero-order chi connectivity index (χ0) is 15.9. The predicted molar refractivity (Wildman–Crippen MR) is 82.8 cm³/mol. The fourth-order valence-corrected chi connectivity index (χ4v) is 2.22. The second kappa shape index (κ2) is 7.84. The van der Waals surface area contributed by atoms with Crippen molar-refractivity contribution in [1.29, 1.82) is 0 Å². The second-order valence-corrected chi connectivity index (χ2v) is 6.27. The summed E-state index contributed by atoms with van der Waals surface area (Å²) in [5, 5.41) is 3.05. The fourth-order valence-electron chi connectivity index (χ4n) is 1.71. The van der Waals surface area contributed by atoms with Gasteiger partial charge in [-0.25, -0.2) is 17.9 Å². The summed E-state index contributed by atoms with van der Waals surface area (Å²) in [5.41, 5.74) is 7.18. The predicted octanol–water partition coefficient (Wildman–Crippen LogP) is 0.797. The molecule has 118 valence electrons. The third-order valence-electron chi connectivity index (χ3n) is 2.61. The van der Waals surface area contributed by atoms with Gasteiger partial charge in [0.15, 0.2) is 0 Å². The largest absolute Gasteiger partial charge is 0.462 e. The van der Waals surface area contributed by atoms with Gasteiger partial charge in [-0.2, -0.15) is 0 Å². The first-order valence-electron chi connectivity index (χ1n) is 6.59. The molecular formula is C13H21N3O4S. The van der Waals surface area contributed by atoms with E-state index < -0.39 is 16.0 Å². The standard InChI is InChI=1S/C13H21N3O4S/c1-3-20-13(17)10-6-4-7-11(14)12(10)15-8-5-9-16-21(2,18)19/h4,6-7,15-16H,3,5,8-9,14H2,1-2H3. The Balaban J connectivity index is 2.63. The molecule has 0 saturated heterocycles. The molecule has 4 N–H and O–H groups in total. The van der Waals surface area contributed by atoms with Crippen molar-refractivity contribution in [3.8, 4) is 0 Å². The van der Waals surface area contributed by atoms with Crippen molar-refractivity contribution < 1.29 is 17.9 Å². The van der Waals surface area contributed by atoms with E-state index in [1.54, 1.807) is 25.1 Å². The van der Waals surface area contributed by atoms with Crippen molar-refractivity contribution in [3.05, 3.63) is 23.8 Å². The van der Waals surface area contributed by atoms with E-state index in [1.165, 1.54) is 0 Å². The summed E-state index contributed by atoms with van der Waals surface area (Å²) in [7, 11) is -3.18. The van der Waals surface area contributed by atoms with Gasteiger partial charge < -0.3 is 15.8 Å². The number of nitrogens with one attached hydrogen (secondary N) is 2. The summed E-state index contributed by atoms with van der Waals surface area (Å²) >= 11 is 0. The molecule has 1 aromatic rings. The van der Waals surface area contributed by atoms with Gasteiger partial charge in [-0.05, 0) is 25.5 Å². The molecule has 0 radical (unpaired) electrons. The maximum atomic E-state index is 11.8. The van der Waals surface area contributed by atoms with Crippen molar-refractivity contribution >= 4 is 27.4 Å². The topological polar surface area (TPSA) is 111 Å². The zero-order valence-corrected chi connectivity index (χ0v) is 13.0. The number of rotatable bonds is 8. The molecule has 0 aliphatic rings. The van der Waals surface area contributed by atoms with Crippen LogP contribution in [0.3, 0.4) is 0 Å². The highest BCUT2D eigenvalue weighted by Crippen LogP contribution is 2.24. The molecule has 0 bridgehead atoms. The summed E-state index contributed by atoms with van der Waals surface area (Å²) in [6.45, 7) is 2.80. The first-order valence-corrected chi connectivity index (χ1v) is 8.48. The van der Waals surface area contributed by atoms with Crippen LogP contribution in [0.2, 0.25) is 0 Å². The molecule has 0 aromatic heterocycles. The van der Waals surface area contributed by atoms with Crippen molar-refractivity contribution in [2.45, 2.75) is 13.3 Å². The number of hydrogen-bond acceptors (Lipinski definition) is 6. The highest BCUT2D eigenvalue weighted by Gasteiger charge is 2.14. The first-order chi connectivity index (χ1) is 9.85. The van der Waals surface area contributed by atoms with E-state index in [2.05, 4.69) is 10.0 Å². The molecule has 1 rings (SSSR count). The Morgan fingerprint density at radius 1 is 1.33 bits per heavy atom. The monoisotopic (exact) mass is 315 g/mol. The van der Waals surface area contributed by atoms with Crippen LogP contribution in [0.15, 0.2) is 18.2 Å². The van der Waals surface area contributed by atoms with Crippen LogP contribution >= 0.6 is 0 Å². The van der Waals surface area contributed by atoms with Gasteiger partial charge in [-0.1, -0.05) is 6.07 Å². The summed E-state index contributed by atoms with van der Waals surface area (Å²) in [6, 6.07) is 4.99. The van der Waals surface area contributed by atoms with Crippen molar-refractivity contribution in [1.82, 2.24) is 4.72 Å². The van der Waals surface area contributed by atoms with Gasteiger partial charge >= 0.3 is 5.97 Å². The number of hydrogen-bond donors (Lipinski definition) is 3. The lowest BCUT2D eigenvalue weighted by Crippen LogP contribution is -2.24. The minimum absolute atomic E-state index is 0.283. The lowest BCUT2D eigenvalue weighted by molar-refractivity contribution is 0.0527. The zero-order valence-electron chi connectivity index (χ0n) is 12.2. The average Bonchev–Trinajstić information content (AvgIpc) is 2.38. The maximum Gasteiger partial charge on any atom is 0.340 e. The van der Waals surface area contributed by atoms with Crippen LogP contribution in [0.4, 0.5) is 11.4 Å². The molecule has 0 heterocycles.